The van der Waals surface area contributed by atoms with Crippen molar-refractivity contribution in [1.82, 2.24) is 15.2 Å². The van der Waals surface area contributed by atoms with E-state index >= 15 is 0 Å². The van der Waals surface area contributed by atoms with Crippen molar-refractivity contribution in [3.05, 3.63) is 17.8 Å². The fourth-order valence-electron chi connectivity index (χ4n) is 1.91. The average Bonchev–Trinajstić information content (AvgIpc) is 2.72. The summed E-state index contributed by atoms with van der Waals surface area (Å²) >= 11 is 0. The molecule has 112 valence electrons. The van der Waals surface area contributed by atoms with Crippen LogP contribution < -0.4 is 5.32 Å². The van der Waals surface area contributed by atoms with Gasteiger partial charge >= 0.3 is 6.09 Å². The summed E-state index contributed by atoms with van der Waals surface area (Å²) in [5.74, 6) is 1.59. The minimum atomic E-state index is -0.440. The van der Waals surface area contributed by atoms with Crippen LogP contribution >= 0.6 is 0 Å². The Kier molecular flexibility index (Phi) is 4.32. The smallest absolute Gasteiger partial charge is 0.410 e. The highest BCUT2D eigenvalue weighted by molar-refractivity contribution is 5.69. The number of aromatic nitrogens is 1. The van der Waals surface area contributed by atoms with Gasteiger partial charge in [0.05, 0.1) is 12.7 Å². The Bertz CT molecular complexity index is 458. The number of hydrogen-bond acceptors (Lipinski definition) is 5. The molecule has 0 aromatic carbocycles. The predicted molar refractivity (Wildman–Crippen MR) is 74.3 cm³/mol. The SMILES string of the molecule is CCc1cnc(CNC2CN(C(=O)OC(C)(C)C)C2)o1. The summed E-state index contributed by atoms with van der Waals surface area (Å²) in [6, 6.07) is 0.277. The molecule has 0 radical (unpaired) electrons. The molecule has 1 aromatic heterocycles. The van der Waals surface area contributed by atoms with Gasteiger partial charge in [0.1, 0.15) is 11.4 Å². The van der Waals surface area contributed by atoms with E-state index < -0.39 is 5.60 Å². The standard InChI is InChI=1S/C14H23N3O3/c1-5-11-6-16-12(19-11)7-15-10-8-17(9-10)13(18)20-14(2,3)4/h6,10,15H,5,7-9H2,1-4H3. The average molecular weight is 281 g/mol. The minimum absolute atomic E-state index is 0.250. The first-order chi connectivity index (χ1) is 9.37. The van der Waals surface area contributed by atoms with Crippen LogP contribution in [-0.2, 0) is 17.7 Å². The van der Waals surface area contributed by atoms with Crippen LogP contribution in [-0.4, -0.2) is 40.7 Å². The van der Waals surface area contributed by atoms with Crippen molar-refractivity contribution in [2.75, 3.05) is 13.1 Å². The Balaban J connectivity index is 1.68. The van der Waals surface area contributed by atoms with E-state index in [0.717, 1.165) is 12.2 Å². The van der Waals surface area contributed by atoms with E-state index in [4.69, 9.17) is 9.15 Å². The number of amides is 1. The van der Waals surface area contributed by atoms with Crippen molar-refractivity contribution in [2.45, 2.75) is 52.3 Å². The number of rotatable bonds is 4. The second-order valence-corrected chi connectivity index (χ2v) is 6.04. The summed E-state index contributed by atoms with van der Waals surface area (Å²) in [5.41, 5.74) is -0.440. The van der Waals surface area contributed by atoms with Crippen LogP contribution in [0.1, 0.15) is 39.3 Å². The fraction of sp³-hybridized carbons (Fsp3) is 0.714. The summed E-state index contributed by atoms with van der Waals surface area (Å²) in [6.07, 6.45) is 2.35. The zero-order valence-corrected chi connectivity index (χ0v) is 12.6. The van der Waals surface area contributed by atoms with Crippen LogP contribution in [0.25, 0.3) is 0 Å². The van der Waals surface area contributed by atoms with E-state index in [0.29, 0.717) is 25.5 Å². The molecule has 0 aliphatic carbocycles. The second kappa shape index (κ2) is 5.83. The molecule has 6 nitrogen and oxygen atoms in total. The Morgan fingerprint density at radius 2 is 2.25 bits per heavy atom. The fourth-order valence-corrected chi connectivity index (χ4v) is 1.91. The number of likely N-dealkylation sites (tertiary alicyclic amines) is 1. The van der Waals surface area contributed by atoms with Crippen LogP contribution in [0.3, 0.4) is 0 Å². The van der Waals surface area contributed by atoms with Crippen molar-refractivity contribution in [3.63, 3.8) is 0 Å². The van der Waals surface area contributed by atoms with Gasteiger partial charge in [0.15, 0.2) is 0 Å². The van der Waals surface area contributed by atoms with Gasteiger partial charge in [-0.15, -0.1) is 0 Å². The third-order valence-corrected chi connectivity index (χ3v) is 3.03. The van der Waals surface area contributed by atoms with Crippen molar-refractivity contribution in [2.24, 2.45) is 0 Å². The first-order valence-electron chi connectivity index (χ1n) is 7.02. The molecule has 1 aliphatic heterocycles. The van der Waals surface area contributed by atoms with Crippen LogP contribution in [0, 0.1) is 0 Å². The molecule has 0 bridgehead atoms. The first-order valence-corrected chi connectivity index (χ1v) is 7.02. The maximum absolute atomic E-state index is 11.7. The molecule has 0 atom stereocenters. The summed E-state index contributed by atoms with van der Waals surface area (Å²) in [5, 5.41) is 3.31. The zero-order valence-electron chi connectivity index (χ0n) is 12.6. The number of oxazole rings is 1. The first kappa shape index (κ1) is 14.8. The molecule has 1 aromatic rings. The third-order valence-electron chi connectivity index (χ3n) is 3.03. The molecule has 2 rings (SSSR count). The zero-order chi connectivity index (χ0) is 14.8. The molecule has 1 saturated heterocycles. The molecule has 0 spiro atoms. The summed E-state index contributed by atoms with van der Waals surface area (Å²) < 4.78 is 10.8. The lowest BCUT2D eigenvalue weighted by Crippen LogP contribution is -2.60. The van der Waals surface area contributed by atoms with Crippen LogP contribution in [0.4, 0.5) is 4.79 Å². The summed E-state index contributed by atoms with van der Waals surface area (Å²) in [4.78, 5) is 17.6. The van der Waals surface area contributed by atoms with E-state index in [2.05, 4.69) is 10.3 Å². The third kappa shape index (κ3) is 3.96. The van der Waals surface area contributed by atoms with Gasteiger partial charge in [-0.05, 0) is 20.8 Å². The maximum Gasteiger partial charge on any atom is 0.410 e. The molecule has 2 heterocycles. The highest BCUT2D eigenvalue weighted by Gasteiger charge is 2.33. The van der Waals surface area contributed by atoms with Gasteiger partial charge in [0.2, 0.25) is 5.89 Å². The largest absolute Gasteiger partial charge is 0.444 e. The quantitative estimate of drug-likeness (QED) is 0.913. The molecular formula is C14H23N3O3. The number of aryl methyl sites for hydroxylation is 1. The Morgan fingerprint density at radius 1 is 1.55 bits per heavy atom. The van der Waals surface area contributed by atoms with Gasteiger partial charge < -0.3 is 19.4 Å². The Labute approximate surface area is 119 Å². The molecule has 0 saturated carbocycles. The highest BCUT2D eigenvalue weighted by atomic mass is 16.6. The Morgan fingerprint density at radius 3 is 2.80 bits per heavy atom. The molecular weight excluding hydrogens is 258 g/mol. The monoisotopic (exact) mass is 281 g/mol. The second-order valence-electron chi connectivity index (χ2n) is 6.04. The van der Waals surface area contributed by atoms with Crippen LogP contribution in [0.5, 0.6) is 0 Å². The minimum Gasteiger partial charge on any atom is -0.444 e. The number of carbonyl (C=O) groups is 1. The van der Waals surface area contributed by atoms with Gasteiger partial charge in [-0.1, -0.05) is 6.92 Å². The maximum atomic E-state index is 11.7. The lowest BCUT2D eigenvalue weighted by molar-refractivity contribution is 0.00501. The molecule has 0 unspecified atom stereocenters. The van der Waals surface area contributed by atoms with Gasteiger partial charge in [0, 0.05) is 25.6 Å². The van der Waals surface area contributed by atoms with Crippen LogP contribution in [0.2, 0.25) is 0 Å². The van der Waals surface area contributed by atoms with Gasteiger partial charge in [-0.3, -0.25) is 0 Å². The molecule has 1 N–H and O–H groups in total. The number of carbonyl (C=O) groups excluding carboxylic acids is 1. The van der Waals surface area contributed by atoms with E-state index in [1.807, 2.05) is 27.7 Å². The summed E-state index contributed by atoms with van der Waals surface area (Å²) in [7, 11) is 0. The van der Waals surface area contributed by atoms with E-state index in [-0.39, 0.29) is 12.1 Å². The lowest BCUT2D eigenvalue weighted by atomic mass is 10.1. The molecule has 1 aliphatic rings. The number of ether oxygens (including phenoxy) is 1. The normalized spacial score (nSPS) is 16.1. The van der Waals surface area contributed by atoms with E-state index in [1.54, 1.807) is 11.1 Å². The van der Waals surface area contributed by atoms with Gasteiger partial charge in [-0.2, -0.15) is 0 Å². The topological polar surface area (TPSA) is 67.6 Å². The van der Waals surface area contributed by atoms with Gasteiger partial charge in [-0.25, -0.2) is 9.78 Å². The van der Waals surface area contributed by atoms with Crippen molar-refractivity contribution in [1.29, 1.82) is 0 Å². The van der Waals surface area contributed by atoms with Crippen molar-refractivity contribution in [3.8, 4) is 0 Å². The van der Waals surface area contributed by atoms with Crippen LogP contribution in [0.15, 0.2) is 10.6 Å². The predicted octanol–water partition coefficient (Wildman–Crippen LogP) is 1.95. The molecule has 1 amide bonds. The highest BCUT2D eigenvalue weighted by Crippen LogP contribution is 2.15. The molecule has 1 fully saturated rings. The molecule has 6 heteroatoms. The van der Waals surface area contributed by atoms with E-state index in [9.17, 15) is 4.79 Å². The van der Waals surface area contributed by atoms with Gasteiger partial charge in [0.25, 0.3) is 0 Å². The lowest BCUT2D eigenvalue weighted by Gasteiger charge is -2.40. The van der Waals surface area contributed by atoms with Crippen molar-refractivity contribution >= 4 is 6.09 Å². The number of nitrogens with one attached hydrogen (secondary N) is 1. The Hall–Kier alpha value is -1.56. The van der Waals surface area contributed by atoms with E-state index in [1.165, 1.54) is 0 Å². The number of hydrogen-bond donors (Lipinski definition) is 1. The summed E-state index contributed by atoms with van der Waals surface area (Å²) in [6.45, 7) is 9.55. The molecule has 20 heavy (non-hydrogen) atoms. The number of nitrogens with zero attached hydrogens (tertiary/aromatic N) is 2. The van der Waals surface area contributed by atoms with Crippen molar-refractivity contribution < 1.29 is 13.9 Å².